The normalized spacial score (nSPS) is 15.0. The fourth-order valence-electron chi connectivity index (χ4n) is 3.49. The second kappa shape index (κ2) is 15.1. The minimum atomic E-state index is -0.948. The highest BCUT2D eigenvalue weighted by molar-refractivity contribution is 8.26. The van der Waals surface area contributed by atoms with Crippen molar-refractivity contribution in [2.75, 3.05) is 13.2 Å². The third-order valence-electron chi connectivity index (χ3n) is 5.37. The van der Waals surface area contributed by atoms with Crippen molar-refractivity contribution in [3.05, 3.63) is 34.7 Å². The summed E-state index contributed by atoms with van der Waals surface area (Å²) in [5, 5.41) is 8.82. The van der Waals surface area contributed by atoms with E-state index in [4.69, 9.17) is 22.1 Å². The van der Waals surface area contributed by atoms with E-state index in [2.05, 4.69) is 6.92 Å². The molecule has 0 atom stereocenters. The molecule has 1 N–H and O–H groups in total. The third-order valence-corrected chi connectivity index (χ3v) is 6.75. The van der Waals surface area contributed by atoms with E-state index in [-0.39, 0.29) is 18.9 Å². The van der Waals surface area contributed by atoms with Gasteiger partial charge in [-0.25, -0.2) is 0 Å². The van der Waals surface area contributed by atoms with Gasteiger partial charge in [0.15, 0.2) is 0 Å². The summed E-state index contributed by atoms with van der Waals surface area (Å²) in [4.78, 5) is 25.1. The molecule has 0 spiro atoms. The van der Waals surface area contributed by atoms with Crippen LogP contribution < -0.4 is 4.74 Å². The Morgan fingerprint density at radius 2 is 1.62 bits per heavy atom. The summed E-state index contributed by atoms with van der Waals surface area (Å²) in [6, 6.07) is 7.65. The van der Waals surface area contributed by atoms with Crippen LogP contribution in [0.15, 0.2) is 29.2 Å². The number of nitrogens with zero attached hydrogens (tertiary/aromatic N) is 1. The highest BCUT2D eigenvalue weighted by Crippen LogP contribution is 2.32. The maximum Gasteiger partial charge on any atom is 0.305 e. The SMILES string of the molecule is CCCCCCCCCCCCOc1ccc(C=C2SC(=S)N(CCC(=O)O)C2=O)cc1. The van der Waals surface area contributed by atoms with Crippen molar-refractivity contribution in [1.29, 1.82) is 0 Å². The van der Waals surface area contributed by atoms with Gasteiger partial charge in [-0.05, 0) is 30.2 Å². The lowest BCUT2D eigenvalue weighted by Crippen LogP contribution is -2.30. The van der Waals surface area contributed by atoms with Gasteiger partial charge >= 0.3 is 5.97 Å². The molecule has 0 radical (unpaired) electrons. The number of carbonyl (C=O) groups is 2. The molecule has 1 saturated heterocycles. The summed E-state index contributed by atoms with van der Waals surface area (Å²) in [7, 11) is 0. The molecule has 32 heavy (non-hydrogen) atoms. The summed E-state index contributed by atoms with van der Waals surface area (Å²) in [6.07, 6.45) is 14.7. The van der Waals surface area contributed by atoms with Crippen molar-refractivity contribution >= 4 is 46.3 Å². The second-order valence-corrected chi connectivity index (χ2v) is 9.75. The number of hydrogen-bond acceptors (Lipinski definition) is 5. The van der Waals surface area contributed by atoms with Crippen LogP contribution in [0, 0.1) is 0 Å². The Bertz CT molecular complexity index is 777. The Labute approximate surface area is 201 Å². The molecule has 1 aliphatic rings. The van der Waals surface area contributed by atoms with Crippen LogP contribution in [0.3, 0.4) is 0 Å². The molecular formula is C25H35NO4S2. The molecule has 1 heterocycles. The molecule has 5 nitrogen and oxygen atoms in total. The lowest BCUT2D eigenvalue weighted by Gasteiger charge is -2.12. The van der Waals surface area contributed by atoms with Gasteiger partial charge in [-0.1, -0.05) is 101 Å². The van der Waals surface area contributed by atoms with E-state index in [1.165, 1.54) is 74.4 Å². The maximum absolute atomic E-state index is 12.5. The maximum atomic E-state index is 12.5. The van der Waals surface area contributed by atoms with Crippen LogP contribution in [0.5, 0.6) is 5.75 Å². The highest BCUT2D eigenvalue weighted by Gasteiger charge is 2.31. The van der Waals surface area contributed by atoms with E-state index >= 15 is 0 Å². The molecular weight excluding hydrogens is 442 g/mol. The minimum Gasteiger partial charge on any atom is -0.494 e. The Kier molecular flexibility index (Phi) is 12.4. The molecule has 1 amide bonds. The number of hydrogen-bond donors (Lipinski definition) is 1. The molecule has 0 bridgehead atoms. The van der Waals surface area contributed by atoms with Crippen LogP contribution in [0.4, 0.5) is 0 Å². The number of thiocarbonyl (C=S) groups is 1. The number of carboxylic acid groups (broad SMARTS) is 1. The summed E-state index contributed by atoms with van der Waals surface area (Å²) >= 11 is 6.42. The first-order valence-electron chi connectivity index (χ1n) is 11.7. The van der Waals surface area contributed by atoms with Crippen molar-refractivity contribution < 1.29 is 19.4 Å². The molecule has 0 saturated carbocycles. The van der Waals surface area contributed by atoms with Gasteiger partial charge in [0.05, 0.1) is 17.9 Å². The number of ether oxygens (including phenoxy) is 1. The fourth-order valence-corrected chi connectivity index (χ4v) is 4.80. The Balaban J connectivity index is 1.65. The van der Waals surface area contributed by atoms with Gasteiger partial charge in [0.1, 0.15) is 10.1 Å². The van der Waals surface area contributed by atoms with Crippen LogP contribution in [0.2, 0.25) is 0 Å². The van der Waals surface area contributed by atoms with Crippen molar-refractivity contribution in [2.24, 2.45) is 0 Å². The number of rotatable bonds is 16. The van der Waals surface area contributed by atoms with E-state index in [1.807, 2.05) is 24.3 Å². The number of thioether (sulfide) groups is 1. The zero-order valence-electron chi connectivity index (χ0n) is 19.0. The molecule has 1 aromatic rings. The van der Waals surface area contributed by atoms with E-state index in [0.717, 1.165) is 24.3 Å². The molecule has 1 aliphatic heterocycles. The van der Waals surface area contributed by atoms with Crippen LogP contribution >= 0.6 is 24.0 Å². The number of benzene rings is 1. The van der Waals surface area contributed by atoms with Crippen molar-refractivity contribution in [3.8, 4) is 5.75 Å². The van der Waals surface area contributed by atoms with Gasteiger partial charge in [0.25, 0.3) is 5.91 Å². The predicted octanol–water partition coefficient (Wildman–Crippen LogP) is 6.66. The fraction of sp³-hybridized carbons (Fsp3) is 0.560. The van der Waals surface area contributed by atoms with Gasteiger partial charge in [0.2, 0.25) is 0 Å². The molecule has 7 heteroatoms. The van der Waals surface area contributed by atoms with Gasteiger partial charge in [-0.15, -0.1) is 0 Å². The zero-order chi connectivity index (χ0) is 23.2. The number of amides is 1. The van der Waals surface area contributed by atoms with Gasteiger partial charge in [0, 0.05) is 6.54 Å². The van der Waals surface area contributed by atoms with Crippen LogP contribution in [-0.4, -0.2) is 39.4 Å². The first-order chi connectivity index (χ1) is 15.5. The van der Waals surface area contributed by atoms with Crippen molar-refractivity contribution in [1.82, 2.24) is 4.90 Å². The van der Waals surface area contributed by atoms with Gasteiger partial charge < -0.3 is 9.84 Å². The topological polar surface area (TPSA) is 66.8 Å². The molecule has 0 aliphatic carbocycles. The van der Waals surface area contributed by atoms with Crippen LogP contribution in [-0.2, 0) is 9.59 Å². The molecule has 2 rings (SSSR count). The van der Waals surface area contributed by atoms with E-state index in [9.17, 15) is 9.59 Å². The molecule has 1 fully saturated rings. The zero-order valence-corrected chi connectivity index (χ0v) is 20.6. The van der Waals surface area contributed by atoms with E-state index in [0.29, 0.717) is 9.23 Å². The summed E-state index contributed by atoms with van der Waals surface area (Å²) < 4.78 is 6.24. The van der Waals surface area contributed by atoms with Gasteiger partial charge in [-0.3, -0.25) is 14.5 Å². The van der Waals surface area contributed by atoms with E-state index < -0.39 is 5.97 Å². The summed E-state index contributed by atoms with van der Waals surface area (Å²) in [5.41, 5.74) is 0.884. The standard InChI is InChI=1S/C25H35NO4S2/c1-2-3-4-5-6-7-8-9-10-11-18-30-21-14-12-20(13-15-21)19-22-24(29)26(25(31)32-22)17-16-23(27)28/h12-15,19H,2-11,16-18H2,1H3,(H,27,28). The number of aliphatic carboxylic acids is 1. The van der Waals surface area contributed by atoms with Crippen molar-refractivity contribution in [2.45, 2.75) is 77.6 Å². The monoisotopic (exact) mass is 477 g/mol. The first-order valence-corrected chi connectivity index (χ1v) is 12.9. The summed E-state index contributed by atoms with van der Waals surface area (Å²) in [6.45, 7) is 3.07. The van der Waals surface area contributed by atoms with Crippen LogP contribution in [0.1, 0.15) is 83.1 Å². The average molecular weight is 478 g/mol. The third kappa shape index (κ3) is 9.74. The molecule has 0 unspecified atom stereocenters. The largest absolute Gasteiger partial charge is 0.494 e. The van der Waals surface area contributed by atoms with E-state index in [1.54, 1.807) is 6.08 Å². The predicted molar refractivity (Wildman–Crippen MR) is 136 cm³/mol. The van der Waals surface area contributed by atoms with Gasteiger partial charge in [-0.2, -0.15) is 0 Å². The Morgan fingerprint density at radius 1 is 1.03 bits per heavy atom. The summed E-state index contributed by atoms with van der Waals surface area (Å²) in [5.74, 6) is -0.356. The Hall–Kier alpha value is -1.86. The molecule has 176 valence electrons. The first kappa shape index (κ1) is 26.4. The quantitative estimate of drug-likeness (QED) is 0.163. The smallest absolute Gasteiger partial charge is 0.305 e. The highest BCUT2D eigenvalue weighted by atomic mass is 32.2. The average Bonchev–Trinajstić information content (AvgIpc) is 3.04. The minimum absolute atomic E-state index is 0.100. The second-order valence-electron chi connectivity index (χ2n) is 8.08. The van der Waals surface area contributed by atoms with Crippen LogP contribution in [0.25, 0.3) is 6.08 Å². The lowest BCUT2D eigenvalue weighted by molar-refractivity contribution is -0.137. The lowest BCUT2D eigenvalue weighted by atomic mass is 10.1. The van der Waals surface area contributed by atoms with Crippen molar-refractivity contribution in [3.63, 3.8) is 0 Å². The molecule has 1 aromatic carbocycles. The Morgan fingerprint density at radius 3 is 2.22 bits per heavy atom. The number of carboxylic acids is 1. The number of unbranched alkanes of at least 4 members (excludes halogenated alkanes) is 9. The molecule has 0 aromatic heterocycles. The number of carbonyl (C=O) groups excluding carboxylic acids is 1.